The number of likely N-dealkylation sites (N-methyl/N-ethyl adjacent to an activating group) is 1. The predicted molar refractivity (Wildman–Crippen MR) is 77.9 cm³/mol. The summed E-state index contributed by atoms with van der Waals surface area (Å²) in [6.45, 7) is 5.08. The Morgan fingerprint density at radius 1 is 1.48 bits per heavy atom. The minimum atomic E-state index is -3.35. The molecule has 1 aliphatic heterocycles. The van der Waals surface area contributed by atoms with Gasteiger partial charge in [-0.2, -0.15) is 0 Å². The van der Waals surface area contributed by atoms with Gasteiger partial charge >= 0.3 is 0 Å². The molecule has 9 heteroatoms. The molecule has 8 nitrogen and oxygen atoms in total. The van der Waals surface area contributed by atoms with Crippen LogP contribution in [0.25, 0.3) is 0 Å². The lowest BCUT2D eigenvalue weighted by atomic mass is 10.2. The molecule has 2 N–H and O–H groups in total. The van der Waals surface area contributed by atoms with Gasteiger partial charge in [0.05, 0.1) is 12.3 Å². The van der Waals surface area contributed by atoms with E-state index in [1.807, 2.05) is 7.05 Å². The molecule has 1 atom stereocenters. The van der Waals surface area contributed by atoms with Crippen molar-refractivity contribution in [3.8, 4) is 0 Å². The van der Waals surface area contributed by atoms with Crippen LogP contribution in [0, 0.1) is 6.92 Å². The van der Waals surface area contributed by atoms with E-state index in [0.29, 0.717) is 30.8 Å². The van der Waals surface area contributed by atoms with Gasteiger partial charge in [-0.3, -0.25) is 4.90 Å². The van der Waals surface area contributed by atoms with Crippen molar-refractivity contribution in [2.24, 2.45) is 5.14 Å². The summed E-state index contributed by atoms with van der Waals surface area (Å²) < 4.78 is 27.2. The van der Waals surface area contributed by atoms with Crippen LogP contribution >= 0.6 is 0 Å². The molecule has 2 rings (SSSR count). The van der Waals surface area contributed by atoms with Gasteiger partial charge in [0, 0.05) is 19.5 Å². The van der Waals surface area contributed by atoms with Crippen LogP contribution in [0.1, 0.15) is 24.6 Å². The first-order valence-corrected chi connectivity index (χ1v) is 8.77. The maximum Gasteiger partial charge on any atom is 0.230 e. The lowest BCUT2D eigenvalue weighted by molar-refractivity contribution is 0.206. The molecule has 21 heavy (non-hydrogen) atoms. The van der Waals surface area contributed by atoms with Gasteiger partial charge < -0.3 is 9.32 Å². The largest absolute Gasteiger partial charge is 0.424 e. The van der Waals surface area contributed by atoms with E-state index in [4.69, 9.17) is 9.56 Å². The molecule has 0 spiro atoms. The van der Waals surface area contributed by atoms with Crippen LogP contribution in [0.3, 0.4) is 0 Å². The van der Waals surface area contributed by atoms with Crippen molar-refractivity contribution >= 4 is 10.0 Å². The minimum Gasteiger partial charge on any atom is -0.424 e. The third-order valence-corrected chi connectivity index (χ3v) is 4.58. The molecule has 1 aliphatic rings. The first-order chi connectivity index (χ1) is 9.83. The van der Waals surface area contributed by atoms with Gasteiger partial charge in [-0.05, 0) is 33.0 Å². The Kier molecular flexibility index (Phi) is 5.31. The van der Waals surface area contributed by atoms with Crippen LogP contribution in [0.5, 0.6) is 0 Å². The van der Waals surface area contributed by atoms with Crippen molar-refractivity contribution in [1.82, 2.24) is 20.0 Å². The Bertz CT molecular complexity index is 559. The lowest BCUT2D eigenvalue weighted by Gasteiger charge is -2.23. The average molecular weight is 317 g/mol. The molecule has 1 saturated heterocycles. The molecule has 0 bridgehead atoms. The van der Waals surface area contributed by atoms with Crippen molar-refractivity contribution in [2.75, 3.05) is 32.4 Å². The van der Waals surface area contributed by atoms with E-state index in [1.54, 1.807) is 6.92 Å². The van der Waals surface area contributed by atoms with Gasteiger partial charge in [-0.1, -0.05) is 0 Å². The van der Waals surface area contributed by atoms with E-state index in [0.717, 1.165) is 26.1 Å². The standard InChI is InChI=1S/C12H23N5O3S/c1-10-14-15-12(20-10)9-16(2)11-4-6-17(8-11)5-3-7-21(13,18)19/h11H,3-9H2,1-2H3,(H2,13,18,19)/t11-/m1/s1. The molecule has 0 aromatic carbocycles. The van der Waals surface area contributed by atoms with Crippen LogP contribution in [0.15, 0.2) is 4.42 Å². The van der Waals surface area contributed by atoms with Gasteiger partial charge in [0.2, 0.25) is 21.8 Å². The quantitative estimate of drug-likeness (QED) is 0.727. The molecule has 0 amide bonds. The summed E-state index contributed by atoms with van der Waals surface area (Å²) in [7, 11) is -1.31. The van der Waals surface area contributed by atoms with Crippen molar-refractivity contribution < 1.29 is 12.8 Å². The fourth-order valence-corrected chi connectivity index (χ4v) is 3.14. The van der Waals surface area contributed by atoms with Crippen LogP contribution in [-0.4, -0.2) is 66.9 Å². The number of nitrogens with zero attached hydrogens (tertiary/aromatic N) is 4. The highest BCUT2D eigenvalue weighted by Gasteiger charge is 2.26. The number of aromatic nitrogens is 2. The molecular formula is C12H23N5O3S. The summed E-state index contributed by atoms with van der Waals surface area (Å²) in [4.78, 5) is 4.47. The number of hydrogen-bond donors (Lipinski definition) is 1. The molecule has 0 unspecified atom stereocenters. The van der Waals surface area contributed by atoms with Gasteiger partial charge in [0.25, 0.3) is 0 Å². The Balaban J connectivity index is 1.74. The second-order valence-electron chi connectivity index (χ2n) is 5.59. The number of hydrogen-bond acceptors (Lipinski definition) is 7. The number of primary sulfonamides is 1. The third-order valence-electron chi connectivity index (χ3n) is 3.73. The molecular weight excluding hydrogens is 294 g/mol. The lowest BCUT2D eigenvalue weighted by Crippen LogP contribution is -2.34. The zero-order valence-electron chi connectivity index (χ0n) is 12.5. The Morgan fingerprint density at radius 2 is 2.24 bits per heavy atom. The van der Waals surface area contributed by atoms with E-state index >= 15 is 0 Å². The van der Waals surface area contributed by atoms with Gasteiger partial charge in [-0.15, -0.1) is 10.2 Å². The van der Waals surface area contributed by atoms with Crippen molar-refractivity contribution in [2.45, 2.75) is 32.4 Å². The molecule has 0 radical (unpaired) electrons. The topological polar surface area (TPSA) is 106 Å². The van der Waals surface area contributed by atoms with Gasteiger partial charge in [0.1, 0.15) is 0 Å². The number of aryl methyl sites for hydroxylation is 1. The van der Waals surface area contributed by atoms with Crippen molar-refractivity contribution in [1.29, 1.82) is 0 Å². The average Bonchev–Trinajstić information content (AvgIpc) is 2.97. The fourth-order valence-electron chi connectivity index (χ4n) is 2.61. The Labute approximate surface area is 125 Å². The summed E-state index contributed by atoms with van der Waals surface area (Å²) in [5.41, 5.74) is 0. The summed E-state index contributed by atoms with van der Waals surface area (Å²) in [6.07, 6.45) is 1.64. The minimum absolute atomic E-state index is 0.0469. The highest BCUT2D eigenvalue weighted by Crippen LogP contribution is 2.16. The predicted octanol–water partition coefficient (Wildman–Crippen LogP) is -0.437. The number of nitrogens with two attached hydrogens (primary N) is 1. The maximum absolute atomic E-state index is 10.9. The highest BCUT2D eigenvalue weighted by atomic mass is 32.2. The van der Waals surface area contributed by atoms with E-state index < -0.39 is 10.0 Å². The number of likely N-dealkylation sites (tertiary alicyclic amines) is 1. The number of sulfonamides is 1. The van der Waals surface area contributed by atoms with Gasteiger partial charge in [-0.25, -0.2) is 13.6 Å². The highest BCUT2D eigenvalue weighted by molar-refractivity contribution is 7.89. The summed E-state index contributed by atoms with van der Waals surface area (Å²) >= 11 is 0. The van der Waals surface area contributed by atoms with Crippen LogP contribution < -0.4 is 5.14 Å². The van der Waals surface area contributed by atoms with E-state index in [9.17, 15) is 8.42 Å². The molecule has 1 aromatic heterocycles. The summed E-state index contributed by atoms with van der Waals surface area (Å²) in [6, 6.07) is 0.423. The summed E-state index contributed by atoms with van der Waals surface area (Å²) in [5, 5.41) is 12.8. The van der Waals surface area contributed by atoms with Crippen molar-refractivity contribution in [3.63, 3.8) is 0 Å². The smallest absolute Gasteiger partial charge is 0.230 e. The molecule has 120 valence electrons. The zero-order valence-corrected chi connectivity index (χ0v) is 13.3. The normalized spacial score (nSPS) is 20.5. The molecule has 0 saturated carbocycles. The maximum atomic E-state index is 10.9. The molecule has 1 fully saturated rings. The second kappa shape index (κ2) is 6.82. The van der Waals surface area contributed by atoms with E-state index in [1.165, 1.54) is 0 Å². The van der Waals surface area contributed by atoms with Crippen LogP contribution in [0.4, 0.5) is 0 Å². The van der Waals surface area contributed by atoms with E-state index in [2.05, 4.69) is 20.0 Å². The Morgan fingerprint density at radius 3 is 2.86 bits per heavy atom. The number of rotatable bonds is 7. The zero-order chi connectivity index (χ0) is 15.5. The van der Waals surface area contributed by atoms with Crippen LogP contribution in [-0.2, 0) is 16.6 Å². The Hall–Kier alpha value is -1.03. The molecule has 1 aromatic rings. The van der Waals surface area contributed by atoms with Crippen LogP contribution in [0.2, 0.25) is 0 Å². The fraction of sp³-hybridized carbons (Fsp3) is 0.833. The van der Waals surface area contributed by atoms with Gasteiger partial charge in [0.15, 0.2) is 0 Å². The SMILES string of the molecule is Cc1nnc(CN(C)[C@@H]2CCN(CCCS(N)(=O)=O)C2)o1. The molecule has 2 heterocycles. The summed E-state index contributed by atoms with van der Waals surface area (Å²) in [5.74, 6) is 1.25. The monoisotopic (exact) mass is 317 g/mol. The molecule has 0 aliphatic carbocycles. The van der Waals surface area contributed by atoms with E-state index in [-0.39, 0.29) is 5.75 Å². The second-order valence-corrected chi connectivity index (χ2v) is 7.33. The first kappa shape index (κ1) is 16.3. The third kappa shape index (κ3) is 5.34. The first-order valence-electron chi connectivity index (χ1n) is 7.05. The van der Waals surface area contributed by atoms with Crippen molar-refractivity contribution in [3.05, 3.63) is 11.8 Å².